The van der Waals surface area contributed by atoms with Crippen molar-refractivity contribution in [2.24, 2.45) is 0 Å². The maximum absolute atomic E-state index is 13.0. The number of rotatable bonds is 6. The molecule has 150 valence electrons. The number of amides is 1. The van der Waals surface area contributed by atoms with Crippen LogP contribution in [0.5, 0.6) is 0 Å². The number of thiazole rings is 1. The average molecular weight is 410 g/mol. The van der Waals surface area contributed by atoms with Crippen LogP contribution >= 0.6 is 11.3 Å². The van der Waals surface area contributed by atoms with E-state index in [0.29, 0.717) is 38.3 Å². The number of nitrogens with zero attached hydrogens (tertiary/aromatic N) is 2. The molecule has 29 heavy (non-hydrogen) atoms. The van der Waals surface area contributed by atoms with Crippen molar-refractivity contribution < 1.29 is 19.1 Å². The number of aryl methyl sites for hydroxylation is 1. The third-order valence-corrected chi connectivity index (χ3v) is 5.88. The van der Waals surface area contributed by atoms with Gasteiger partial charge in [0.15, 0.2) is 0 Å². The van der Waals surface area contributed by atoms with Crippen molar-refractivity contribution in [1.82, 2.24) is 9.88 Å². The molecule has 0 saturated carbocycles. The van der Waals surface area contributed by atoms with Crippen LogP contribution in [-0.4, -0.2) is 48.1 Å². The van der Waals surface area contributed by atoms with Gasteiger partial charge in [0, 0.05) is 25.1 Å². The molecule has 0 bridgehead atoms. The summed E-state index contributed by atoms with van der Waals surface area (Å²) >= 11 is 1.58. The lowest BCUT2D eigenvalue weighted by atomic mass is 10.1. The first-order valence-electron chi connectivity index (χ1n) is 9.66. The third kappa shape index (κ3) is 4.81. The van der Waals surface area contributed by atoms with Crippen LogP contribution in [0, 0.1) is 0 Å². The topological polar surface area (TPSA) is 68.7 Å². The van der Waals surface area contributed by atoms with E-state index in [9.17, 15) is 9.59 Å². The lowest BCUT2D eigenvalue weighted by molar-refractivity contribution is -0.162. The molecule has 0 aliphatic carbocycles. The van der Waals surface area contributed by atoms with E-state index in [1.54, 1.807) is 16.2 Å². The van der Waals surface area contributed by atoms with Gasteiger partial charge in [-0.25, -0.2) is 4.98 Å². The SMILES string of the molecule is O=C(CCc1nc2ccccc2s1)O[C@@H](C(=O)N1CCOCC1)c1ccccc1. The molecule has 2 heterocycles. The van der Waals surface area contributed by atoms with Gasteiger partial charge in [-0.3, -0.25) is 9.59 Å². The first kappa shape index (κ1) is 19.5. The molecule has 1 fully saturated rings. The van der Waals surface area contributed by atoms with E-state index < -0.39 is 12.1 Å². The molecule has 4 rings (SSSR count). The Morgan fingerprint density at radius 1 is 1.07 bits per heavy atom. The summed E-state index contributed by atoms with van der Waals surface area (Å²) in [4.78, 5) is 31.8. The second-order valence-electron chi connectivity index (χ2n) is 6.79. The minimum Gasteiger partial charge on any atom is -0.447 e. The average Bonchev–Trinajstić information content (AvgIpc) is 3.20. The van der Waals surface area contributed by atoms with Crippen LogP contribution in [0.3, 0.4) is 0 Å². The van der Waals surface area contributed by atoms with E-state index in [-0.39, 0.29) is 12.3 Å². The minimum atomic E-state index is -0.933. The first-order valence-corrected chi connectivity index (χ1v) is 10.5. The Hall–Kier alpha value is -2.77. The fraction of sp³-hybridized carbons (Fsp3) is 0.318. The fourth-order valence-electron chi connectivity index (χ4n) is 3.26. The van der Waals surface area contributed by atoms with Crippen LogP contribution in [-0.2, 0) is 25.5 Å². The number of fused-ring (bicyclic) bond motifs is 1. The molecule has 0 radical (unpaired) electrons. The van der Waals surface area contributed by atoms with Gasteiger partial charge in [-0.2, -0.15) is 0 Å². The van der Waals surface area contributed by atoms with Crippen LogP contribution in [0.4, 0.5) is 0 Å². The lowest BCUT2D eigenvalue weighted by Crippen LogP contribution is -2.44. The number of carbonyl (C=O) groups excluding carboxylic acids is 2. The van der Waals surface area contributed by atoms with Gasteiger partial charge in [0.25, 0.3) is 5.91 Å². The highest BCUT2D eigenvalue weighted by atomic mass is 32.1. The van der Waals surface area contributed by atoms with Crippen LogP contribution in [0.1, 0.15) is 23.1 Å². The molecule has 1 aliphatic rings. The van der Waals surface area contributed by atoms with Crippen LogP contribution < -0.4 is 0 Å². The molecule has 1 amide bonds. The van der Waals surface area contributed by atoms with E-state index in [0.717, 1.165) is 15.2 Å². The van der Waals surface area contributed by atoms with E-state index >= 15 is 0 Å². The summed E-state index contributed by atoms with van der Waals surface area (Å²) in [6.45, 7) is 2.01. The van der Waals surface area contributed by atoms with E-state index in [4.69, 9.17) is 9.47 Å². The van der Waals surface area contributed by atoms with Crippen molar-refractivity contribution >= 4 is 33.4 Å². The number of esters is 1. The van der Waals surface area contributed by atoms with Crippen molar-refractivity contribution in [1.29, 1.82) is 0 Å². The summed E-state index contributed by atoms with van der Waals surface area (Å²) in [5.74, 6) is -0.604. The molecule has 3 aromatic rings. The number of hydrogen-bond acceptors (Lipinski definition) is 6. The predicted molar refractivity (Wildman–Crippen MR) is 111 cm³/mol. The molecule has 1 atom stereocenters. The molecule has 1 aliphatic heterocycles. The molecular weight excluding hydrogens is 388 g/mol. The number of ether oxygens (including phenoxy) is 2. The molecule has 7 heteroatoms. The molecule has 0 unspecified atom stereocenters. The summed E-state index contributed by atoms with van der Waals surface area (Å²) in [5, 5.41) is 0.888. The van der Waals surface area contributed by atoms with E-state index in [2.05, 4.69) is 4.98 Å². The van der Waals surface area contributed by atoms with Gasteiger partial charge in [-0.1, -0.05) is 42.5 Å². The Labute approximate surface area is 173 Å². The smallest absolute Gasteiger partial charge is 0.307 e. The van der Waals surface area contributed by atoms with Crippen molar-refractivity contribution in [3.63, 3.8) is 0 Å². The first-order chi connectivity index (χ1) is 14.2. The van der Waals surface area contributed by atoms with E-state index in [1.807, 2.05) is 54.6 Å². The van der Waals surface area contributed by atoms with Crippen molar-refractivity contribution in [2.45, 2.75) is 18.9 Å². The number of carbonyl (C=O) groups is 2. The largest absolute Gasteiger partial charge is 0.447 e. The predicted octanol–water partition coefficient (Wildman–Crippen LogP) is 3.37. The maximum atomic E-state index is 13.0. The second kappa shape index (κ2) is 9.15. The molecule has 2 aromatic carbocycles. The standard InChI is InChI=1S/C22H22N2O4S/c25-20(11-10-19-23-17-8-4-5-9-18(17)29-19)28-21(16-6-2-1-3-7-16)22(26)24-12-14-27-15-13-24/h1-9,21H,10-15H2/t21-/m1/s1. The van der Waals surface area contributed by atoms with Crippen LogP contribution in [0.15, 0.2) is 54.6 Å². The highest BCUT2D eigenvalue weighted by molar-refractivity contribution is 7.18. The number of para-hydroxylation sites is 1. The highest BCUT2D eigenvalue weighted by Gasteiger charge is 2.30. The van der Waals surface area contributed by atoms with Crippen molar-refractivity contribution in [3.8, 4) is 0 Å². The molecule has 1 aromatic heterocycles. The highest BCUT2D eigenvalue weighted by Crippen LogP contribution is 2.24. The minimum absolute atomic E-state index is 0.180. The lowest BCUT2D eigenvalue weighted by Gasteiger charge is -2.30. The third-order valence-electron chi connectivity index (χ3n) is 4.78. The van der Waals surface area contributed by atoms with Crippen molar-refractivity contribution in [2.75, 3.05) is 26.3 Å². The molecule has 0 N–H and O–H groups in total. The Kier molecular flexibility index (Phi) is 6.17. The Balaban J connectivity index is 1.43. The number of morpholine rings is 1. The van der Waals surface area contributed by atoms with Gasteiger partial charge in [0.05, 0.1) is 34.9 Å². The van der Waals surface area contributed by atoms with E-state index in [1.165, 1.54) is 0 Å². The molecule has 0 spiro atoms. The summed E-state index contributed by atoms with van der Waals surface area (Å²) in [6, 6.07) is 17.1. The van der Waals surface area contributed by atoms with Gasteiger partial charge >= 0.3 is 5.97 Å². The Bertz CT molecular complexity index is 950. The zero-order valence-corrected chi connectivity index (χ0v) is 16.8. The maximum Gasteiger partial charge on any atom is 0.307 e. The van der Waals surface area contributed by atoms with Gasteiger partial charge in [0.2, 0.25) is 6.10 Å². The monoisotopic (exact) mass is 410 g/mol. The number of benzene rings is 2. The van der Waals surface area contributed by atoms with Gasteiger partial charge < -0.3 is 14.4 Å². The summed E-state index contributed by atoms with van der Waals surface area (Å²) in [5.41, 5.74) is 1.61. The Morgan fingerprint density at radius 2 is 1.79 bits per heavy atom. The van der Waals surface area contributed by atoms with Crippen molar-refractivity contribution in [3.05, 3.63) is 65.2 Å². The van der Waals surface area contributed by atoms with Gasteiger partial charge in [0.1, 0.15) is 0 Å². The fourth-order valence-corrected chi connectivity index (χ4v) is 4.23. The molecule has 6 nitrogen and oxygen atoms in total. The summed E-state index contributed by atoms with van der Waals surface area (Å²) in [7, 11) is 0. The van der Waals surface area contributed by atoms with Gasteiger partial charge in [-0.05, 0) is 12.1 Å². The summed E-state index contributed by atoms with van der Waals surface area (Å²) < 4.78 is 12.1. The normalized spacial score (nSPS) is 15.2. The van der Waals surface area contributed by atoms with Crippen LogP contribution in [0.25, 0.3) is 10.2 Å². The molecule has 1 saturated heterocycles. The quantitative estimate of drug-likeness (QED) is 0.583. The Morgan fingerprint density at radius 3 is 2.55 bits per heavy atom. The molecular formula is C22H22N2O4S. The number of aromatic nitrogens is 1. The second-order valence-corrected chi connectivity index (χ2v) is 7.91. The number of hydrogen-bond donors (Lipinski definition) is 0. The zero-order valence-electron chi connectivity index (χ0n) is 16.0. The summed E-state index contributed by atoms with van der Waals surface area (Å²) in [6.07, 6.45) is -0.262. The zero-order chi connectivity index (χ0) is 20.1. The van der Waals surface area contributed by atoms with Gasteiger partial charge in [-0.15, -0.1) is 11.3 Å². The van der Waals surface area contributed by atoms with Crippen LogP contribution in [0.2, 0.25) is 0 Å².